The van der Waals surface area contributed by atoms with Crippen molar-refractivity contribution < 1.29 is 14.3 Å². The fourth-order valence-electron chi connectivity index (χ4n) is 4.61. The van der Waals surface area contributed by atoms with Gasteiger partial charge in [0.2, 0.25) is 0 Å². The molecule has 3 heteroatoms. The second kappa shape index (κ2) is 15.9. The minimum Gasteiger partial charge on any atom is -0.494 e. The third-order valence-electron chi connectivity index (χ3n) is 6.81. The molecule has 0 saturated carbocycles. The zero-order valence-corrected chi connectivity index (χ0v) is 23.0. The van der Waals surface area contributed by atoms with Crippen LogP contribution in [0.5, 0.6) is 5.75 Å². The van der Waals surface area contributed by atoms with Crippen molar-refractivity contribution in [2.24, 2.45) is 0 Å². The molecule has 0 aromatic heterocycles. The zero-order chi connectivity index (χ0) is 26.3. The molecule has 3 aromatic rings. The predicted molar refractivity (Wildman–Crippen MR) is 155 cm³/mol. The van der Waals surface area contributed by atoms with Crippen LogP contribution in [-0.4, -0.2) is 12.6 Å². The summed E-state index contributed by atoms with van der Waals surface area (Å²) in [4.78, 5) is 11.9. The molecule has 1 unspecified atom stereocenters. The lowest BCUT2D eigenvalue weighted by molar-refractivity contribution is -0.148. The second-order valence-electron chi connectivity index (χ2n) is 9.90. The van der Waals surface area contributed by atoms with Crippen molar-refractivity contribution in [3.63, 3.8) is 0 Å². The molecule has 0 amide bonds. The van der Waals surface area contributed by atoms with Crippen LogP contribution in [0.1, 0.15) is 96.6 Å². The largest absolute Gasteiger partial charge is 0.494 e. The Bertz CT molecular complexity index is 1050. The Kier molecular flexibility index (Phi) is 12.3. The highest BCUT2D eigenvalue weighted by Gasteiger charge is 2.12. The predicted octanol–water partition coefficient (Wildman–Crippen LogP) is 9.94. The number of unbranched alkanes of at least 4 members (excludes halogenated alkanes) is 7. The SMILES string of the molecule is CCCCCCCCCCOc1ccc(-c2ccccc2-c2ccc(C(C)OC(=O)CCC)cc2)cc1. The van der Waals surface area contributed by atoms with Gasteiger partial charge in [0.1, 0.15) is 11.9 Å². The van der Waals surface area contributed by atoms with Gasteiger partial charge in [0.15, 0.2) is 0 Å². The van der Waals surface area contributed by atoms with E-state index in [0.717, 1.165) is 36.3 Å². The van der Waals surface area contributed by atoms with Crippen molar-refractivity contribution >= 4 is 5.97 Å². The normalized spacial score (nSPS) is 11.8. The van der Waals surface area contributed by atoms with E-state index >= 15 is 0 Å². The van der Waals surface area contributed by atoms with Crippen LogP contribution < -0.4 is 4.74 Å². The average molecular weight is 501 g/mol. The molecule has 3 nitrogen and oxygen atoms in total. The molecular weight excluding hydrogens is 456 g/mol. The Balaban J connectivity index is 1.56. The quantitative estimate of drug-likeness (QED) is 0.145. The van der Waals surface area contributed by atoms with Crippen molar-refractivity contribution in [1.82, 2.24) is 0 Å². The van der Waals surface area contributed by atoms with E-state index in [0.29, 0.717) is 6.42 Å². The molecule has 0 fully saturated rings. The minimum absolute atomic E-state index is 0.144. The highest BCUT2D eigenvalue weighted by atomic mass is 16.5. The molecule has 198 valence electrons. The van der Waals surface area contributed by atoms with Gasteiger partial charge in [0.05, 0.1) is 6.61 Å². The molecule has 0 bridgehead atoms. The van der Waals surface area contributed by atoms with Crippen LogP contribution in [0.25, 0.3) is 22.3 Å². The molecular formula is C34H44O3. The van der Waals surface area contributed by atoms with Gasteiger partial charge in [-0.1, -0.05) is 119 Å². The molecule has 0 spiro atoms. The summed E-state index contributed by atoms with van der Waals surface area (Å²) < 4.78 is 11.5. The summed E-state index contributed by atoms with van der Waals surface area (Å²) in [5.41, 5.74) is 5.68. The van der Waals surface area contributed by atoms with Gasteiger partial charge in [-0.2, -0.15) is 0 Å². The van der Waals surface area contributed by atoms with Crippen LogP contribution in [0.2, 0.25) is 0 Å². The van der Waals surface area contributed by atoms with Crippen molar-refractivity contribution in [3.8, 4) is 28.0 Å². The highest BCUT2D eigenvalue weighted by Crippen LogP contribution is 2.33. The van der Waals surface area contributed by atoms with E-state index in [1.165, 1.54) is 61.6 Å². The van der Waals surface area contributed by atoms with Gasteiger partial charge in [-0.25, -0.2) is 0 Å². The third kappa shape index (κ3) is 9.39. The minimum atomic E-state index is -0.248. The van der Waals surface area contributed by atoms with E-state index < -0.39 is 0 Å². The first kappa shape index (κ1) is 28.5. The lowest BCUT2D eigenvalue weighted by atomic mass is 9.94. The Morgan fingerprint density at radius 2 is 1.22 bits per heavy atom. The van der Waals surface area contributed by atoms with Gasteiger partial charge >= 0.3 is 5.97 Å². The van der Waals surface area contributed by atoms with E-state index in [4.69, 9.17) is 9.47 Å². The Labute approximate surface area is 224 Å². The monoisotopic (exact) mass is 500 g/mol. The summed E-state index contributed by atoms with van der Waals surface area (Å²) in [6.07, 6.45) is 11.5. The van der Waals surface area contributed by atoms with Crippen LogP contribution in [0, 0.1) is 0 Å². The molecule has 1 atom stereocenters. The highest BCUT2D eigenvalue weighted by molar-refractivity contribution is 5.83. The lowest BCUT2D eigenvalue weighted by Gasteiger charge is -2.15. The molecule has 0 aliphatic carbocycles. The van der Waals surface area contributed by atoms with E-state index in [-0.39, 0.29) is 12.1 Å². The zero-order valence-electron chi connectivity index (χ0n) is 23.0. The van der Waals surface area contributed by atoms with Crippen LogP contribution in [0.15, 0.2) is 72.8 Å². The molecule has 0 N–H and O–H groups in total. The number of rotatable bonds is 16. The van der Waals surface area contributed by atoms with Crippen molar-refractivity contribution in [3.05, 3.63) is 78.4 Å². The molecule has 0 heterocycles. The summed E-state index contributed by atoms with van der Waals surface area (Å²) in [5, 5.41) is 0. The molecule has 37 heavy (non-hydrogen) atoms. The van der Waals surface area contributed by atoms with Gasteiger partial charge in [0.25, 0.3) is 0 Å². The standard InChI is InChI=1S/C34H44O3/c1-4-6-7-8-9-10-11-14-26-36-31-24-22-30(23-25-31)33-17-13-12-16-32(33)29-20-18-28(19-21-29)27(3)37-34(35)15-5-2/h12-13,16-25,27H,4-11,14-15,26H2,1-3H3. The van der Waals surface area contributed by atoms with Crippen LogP contribution in [0.4, 0.5) is 0 Å². The molecule has 0 radical (unpaired) electrons. The molecule has 3 rings (SSSR count). The van der Waals surface area contributed by atoms with E-state index in [1.54, 1.807) is 0 Å². The maximum Gasteiger partial charge on any atom is 0.306 e. The number of hydrogen-bond donors (Lipinski definition) is 0. The second-order valence-corrected chi connectivity index (χ2v) is 9.90. The Morgan fingerprint density at radius 3 is 1.78 bits per heavy atom. The number of ether oxygens (including phenoxy) is 2. The first-order valence-corrected chi connectivity index (χ1v) is 14.2. The van der Waals surface area contributed by atoms with Crippen LogP contribution in [-0.2, 0) is 9.53 Å². The van der Waals surface area contributed by atoms with Gasteiger partial charge in [-0.3, -0.25) is 4.79 Å². The van der Waals surface area contributed by atoms with Gasteiger partial charge < -0.3 is 9.47 Å². The molecule has 0 aliphatic heterocycles. The van der Waals surface area contributed by atoms with Crippen molar-refractivity contribution in [1.29, 1.82) is 0 Å². The number of carbonyl (C=O) groups is 1. The summed E-state index contributed by atoms with van der Waals surface area (Å²) >= 11 is 0. The Hall–Kier alpha value is -3.07. The lowest BCUT2D eigenvalue weighted by Crippen LogP contribution is -2.08. The smallest absolute Gasteiger partial charge is 0.306 e. The molecule has 0 aliphatic rings. The van der Waals surface area contributed by atoms with Crippen molar-refractivity contribution in [2.75, 3.05) is 6.61 Å². The summed E-state index contributed by atoms with van der Waals surface area (Å²) in [7, 11) is 0. The van der Waals surface area contributed by atoms with Gasteiger partial charge in [-0.15, -0.1) is 0 Å². The maximum absolute atomic E-state index is 11.9. The molecule has 0 saturated heterocycles. The molecule has 3 aromatic carbocycles. The van der Waals surface area contributed by atoms with Gasteiger partial charge in [-0.05, 0) is 59.7 Å². The summed E-state index contributed by atoms with van der Waals surface area (Å²) in [5.74, 6) is 0.787. The number of hydrogen-bond acceptors (Lipinski definition) is 3. The first-order valence-electron chi connectivity index (χ1n) is 14.2. The third-order valence-corrected chi connectivity index (χ3v) is 6.81. The summed E-state index contributed by atoms with van der Waals surface area (Å²) in [6, 6.07) is 25.2. The van der Waals surface area contributed by atoms with Crippen molar-refractivity contribution in [2.45, 2.75) is 91.1 Å². The number of benzene rings is 3. The maximum atomic E-state index is 11.9. The fourth-order valence-corrected chi connectivity index (χ4v) is 4.61. The average Bonchev–Trinajstić information content (AvgIpc) is 2.93. The number of esters is 1. The van der Waals surface area contributed by atoms with E-state index in [2.05, 4.69) is 79.7 Å². The topological polar surface area (TPSA) is 35.5 Å². The first-order chi connectivity index (χ1) is 18.1. The van der Waals surface area contributed by atoms with Gasteiger partial charge in [0, 0.05) is 6.42 Å². The van der Waals surface area contributed by atoms with E-state index in [1.807, 2.05) is 13.8 Å². The Morgan fingerprint density at radius 1 is 0.676 bits per heavy atom. The van der Waals surface area contributed by atoms with Crippen LogP contribution >= 0.6 is 0 Å². The summed E-state index contributed by atoms with van der Waals surface area (Å²) in [6.45, 7) is 6.95. The number of carbonyl (C=O) groups excluding carboxylic acids is 1. The fraction of sp³-hybridized carbons (Fsp3) is 0.441. The van der Waals surface area contributed by atoms with E-state index in [9.17, 15) is 4.79 Å². The van der Waals surface area contributed by atoms with Crippen LogP contribution in [0.3, 0.4) is 0 Å².